The number of ether oxygens (including phenoxy) is 2. The molecule has 2 aromatic carbocycles. The van der Waals surface area contributed by atoms with Crippen LogP contribution in [0.3, 0.4) is 0 Å². The van der Waals surface area contributed by atoms with Crippen molar-refractivity contribution in [2.75, 3.05) is 26.7 Å². The highest BCUT2D eigenvalue weighted by Crippen LogP contribution is 2.42. The van der Waals surface area contributed by atoms with E-state index in [2.05, 4.69) is 25.9 Å². The summed E-state index contributed by atoms with van der Waals surface area (Å²) in [5.74, 6) is 0.665. The number of aliphatic hydroxyl groups excluding tert-OH is 1. The highest BCUT2D eigenvalue weighted by Gasteiger charge is 2.23. The first kappa shape index (κ1) is 35.9. The molecule has 2 aliphatic rings. The van der Waals surface area contributed by atoms with Crippen LogP contribution in [0.15, 0.2) is 76.6 Å². The molecule has 1 unspecified atom stereocenters. The number of hydrogen-bond donors (Lipinski definition) is 4. The van der Waals surface area contributed by atoms with Crippen molar-refractivity contribution in [1.29, 1.82) is 0 Å². The maximum atomic E-state index is 13.5. The zero-order valence-electron chi connectivity index (χ0n) is 28.8. The first-order chi connectivity index (χ1) is 25.6. The molecule has 0 radical (unpaired) electrons. The fraction of sp³-hybridized carbons (Fsp3) is 0.263. The SMILES string of the molecule is COc1nc(-c2cccc(-c3cccc(-c4ccn5c(=O)c(C6=NCC(O)CN6)c(C)nc5c4)c3Cl)c2Cl)ccc1COC(=O)NC[C@@H]1CCC(=O)N1. The van der Waals surface area contributed by atoms with E-state index < -0.39 is 12.2 Å². The van der Waals surface area contributed by atoms with Gasteiger partial charge >= 0.3 is 6.09 Å². The van der Waals surface area contributed by atoms with Crippen LogP contribution in [-0.4, -0.2) is 76.2 Å². The molecule has 0 aliphatic carbocycles. The summed E-state index contributed by atoms with van der Waals surface area (Å²) in [6.45, 7) is 2.48. The zero-order chi connectivity index (χ0) is 37.2. The number of aliphatic hydroxyl groups is 1. The predicted octanol–water partition coefficient (Wildman–Crippen LogP) is 4.93. The first-order valence-electron chi connectivity index (χ1n) is 16.9. The van der Waals surface area contributed by atoms with E-state index in [1.54, 1.807) is 37.4 Å². The van der Waals surface area contributed by atoms with Gasteiger partial charge in [-0.25, -0.2) is 14.8 Å². The number of benzene rings is 2. The van der Waals surface area contributed by atoms with Gasteiger partial charge < -0.3 is 30.5 Å². The summed E-state index contributed by atoms with van der Waals surface area (Å²) < 4.78 is 12.4. The molecular weight excluding hydrogens is 721 g/mol. The van der Waals surface area contributed by atoms with E-state index >= 15 is 0 Å². The smallest absolute Gasteiger partial charge is 0.407 e. The van der Waals surface area contributed by atoms with Gasteiger partial charge in [-0.2, -0.15) is 0 Å². The van der Waals surface area contributed by atoms with Gasteiger partial charge in [0.1, 0.15) is 23.7 Å². The van der Waals surface area contributed by atoms with Crippen LogP contribution in [0.5, 0.6) is 5.88 Å². The Hall–Kier alpha value is -5.50. The van der Waals surface area contributed by atoms with Crippen LogP contribution in [-0.2, 0) is 16.1 Å². The van der Waals surface area contributed by atoms with Gasteiger partial charge in [-0.3, -0.25) is 19.0 Å². The van der Waals surface area contributed by atoms with Crippen molar-refractivity contribution >= 4 is 46.7 Å². The van der Waals surface area contributed by atoms with Gasteiger partial charge in [0.15, 0.2) is 0 Å². The number of alkyl carbamates (subject to hydrolysis) is 1. The van der Waals surface area contributed by atoms with E-state index in [-0.39, 0.29) is 43.1 Å². The molecule has 13 nitrogen and oxygen atoms in total. The molecule has 5 heterocycles. The summed E-state index contributed by atoms with van der Waals surface area (Å²) in [5.41, 5.74) is 5.63. The molecule has 7 rings (SSSR count). The van der Waals surface area contributed by atoms with Crippen LogP contribution in [0.1, 0.15) is 29.7 Å². The van der Waals surface area contributed by atoms with Gasteiger partial charge in [0.25, 0.3) is 5.56 Å². The molecule has 3 aromatic heterocycles. The minimum absolute atomic E-state index is 0.0281. The van der Waals surface area contributed by atoms with Gasteiger partial charge in [-0.1, -0.05) is 59.6 Å². The second-order valence-electron chi connectivity index (χ2n) is 12.7. The lowest BCUT2D eigenvalue weighted by Gasteiger charge is -2.20. The van der Waals surface area contributed by atoms with Gasteiger partial charge in [0, 0.05) is 54.0 Å². The first-order valence-corrected chi connectivity index (χ1v) is 17.7. The van der Waals surface area contributed by atoms with Gasteiger partial charge in [0.05, 0.1) is 46.8 Å². The number of aliphatic imine (C=N–C) groups is 1. The maximum absolute atomic E-state index is 13.5. The molecular formula is C38H35Cl2N7O6. The number of nitrogens with one attached hydrogen (secondary N) is 3. The Morgan fingerprint density at radius 1 is 1.02 bits per heavy atom. The third kappa shape index (κ3) is 7.41. The van der Waals surface area contributed by atoms with Crippen molar-refractivity contribution in [3.05, 3.63) is 104 Å². The van der Waals surface area contributed by atoms with Gasteiger partial charge in [-0.15, -0.1) is 0 Å². The number of amidine groups is 1. The molecule has 53 heavy (non-hydrogen) atoms. The number of pyridine rings is 2. The minimum Gasteiger partial charge on any atom is -0.481 e. The quantitative estimate of drug-likeness (QED) is 0.163. The second kappa shape index (κ2) is 15.2. The van der Waals surface area contributed by atoms with Gasteiger partial charge in [0.2, 0.25) is 11.8 Å². The number of rotatable bonds is 9. The molecule has 2 aliphatic heterocycles. The molecule has 1 saturated heterocycles. The molecule has 272 valence electrons. The Labute approximate surface area is 314 Å². The number of methoxy groups -OCH3 is 1. The number of aryl methyl sites for hydroxylation is 1. The van der Waals surface area contributed by atoms with Crippen molar-refractivity contribution in [3.63, 3.8) is 0 Å². The molecule has 0 saturated carbocycles. The molecule has 4 N–H and O–H groups in total. The monoisotopic (exact) mass is 755 g/mol. The van der Waals surface area contributed by atoms with Crippen LogP contribution < -0.4 is 26.2 Å². The molecule has 1 fully saturated rings. The average molecular weight is 757 g/mol. The van der Waals surface area contributed by atoms with Crippen molar-refractivity contribution < 1.29 is 24.2 Å². The fourth-order valence-corrected chi connectivity index (χ4v) is 7.09. The lowest BCUT2D eigenvalue weighted by molar-refractivity contribution is -0.119. The number of carbonyl (C=O) groups is 2. The highest BCUT2D eigenvalue weighted by molar-refractivity contribution is 6.39. The van der Waals surface area contributed by atoms with Crippen LogP contribution in [0.4, 0.5) is 4.79 Å². The van der Waals surface area contributed by atoms with Crippen LogP contribution in [0, 0.1) is 6.92 Å². The largest absolute Gasteiger partial charge is 0.481 e. The number of halogens is 2. The average Bonchev–Trinajstić information content (AvgIpc) is 3.58. The lowest BCUT2D eigenvalue weighted by atomic mass is 9.97. The maximum Gasteiger partial charge on any atom is 0.407 e. The van der Waals surface area contributed by atoms with Crippen LogP contribution in [0.2, 0.25) is 10.0 Å². The molecule has 15 heteroatoms. The Bertz CT molecular complexity index is 2350. The molecule has 0 bridgehead atoms. The van der Waals surface area contributed by atoms with Crippen molar-refractivity contribution in [3.8, 4) is 39.4 Å². The van der Waals surface area contributed by atoms with E-state index in [0.29, 0.717) is 80.1 Å². The van der Waals surface area contributed by atoms with E-state index in [9.17, 15) is 19.5 Å². The van der Waals surface area contributed by atoms with Crippen molar-refractivity contribution in [1.82, 2.24) is 30.3 Å². The third-order valence-corrected chi connectivity index (χ3v) is 9.97. The fourth-order valence-electron chi connectivity index (χ4n) is 6.43. The summed E-state index contributed by atoms with van der Waals surface area (Å²) in [5, 5.41) is 19.2. The number of carbonyl (C=O) groups excluding carboxylic acids is 2. The van der Waals surface area contributed by atoms with Gasteiger partial charge in [-0.05, 0) is 43.2 Å². The summed E-state index contributed by atoms with van der Waals surface area (Å²) in [6, 6.07) is 18.3. The standard InChI is InChI=1S/C38H35Cl2N7O6/c1-20-32(35-41-17-24(48)18-42-35)37(50)47-14-13-21(15-30(47)44-20)25-5-3-6-26(33(25)39)27-7-4-8-28(34(27)40)29-11-9-22(36(46-29)52-2)19-53-38(51)43-16-23-10-12-31(49)45-23/h3-9,11,13-15,23-24,48H,10,12,16-19H2,1-2H3,(H,41,42)(H,43,51)(H,45,49)/t23-/m0/s1. The number of hydrogen-bond acceptors (Lipinski definition) is 10. The molecule has 5 aromatic rings. The Morgan fingerprint density at radius 2 is 1.75 bits per heavy atom. The summed E-state index contributed by atoms with van der Waals surface area (Å²) in [4.78, 5) is 50.9. The minimum atomic E-state index is -0.616. The normalized spacial score (nSPS) is 16.8. The number of amides is 2. The Balaban J connectivity index is 1.13. The van der Waals surface area contributed by atoms with E-state index in [4.69, 9.17) is 37.7 Å². The molecule has 2 atom stereocenters. The third-order valence-electron chi connectivity index (χ3n) is 9.16. The highest BCUT2D eigenvalue weighted by atomic mass is 35.5. The predicted molar refractivity (Wildman–Crippen MR) is 202 cm³/mol. The molecule has 0 spiro atoms. The number of nitrogens with zero attached hydrogens (tertiary/aromatic N) is 4. The Kier molecular flexibility index (Phi) is 10.3. The molecule has 2 amide bonds. The topological polar surface area (TPSA) is 169 Å². The van der Waals surface area contributed by atoms with E-state index in [1.807, 2.05) is 36.4 Å². The van der Waals surface area contributed by atoms with Crippen LogP contribution >= 0.6 is 23.2 Å². The summed E-state index contributed by atoms with van der Waals surface area (Å²) >= 11 is 14.2. The van der Waals surface area contributed by atoms with Crippen LogP contribution in [0.25, 0.3) is 39.2 Å². The second-order valence-corrected chi connectivity index (χ2v) is 13.5. The van der Waals surface area contributed by atoms with E-state index in [1.165, 1.54) is 11.5 Å². The lowest BCUT2D eigenvalue weighted by Crippen LogP contribution is -2.42. The number of fused-ring (bicyclic) bond motifs is 1. The van der Waals surface area contributed by atoms with E-state index in [0.717, 1.165) is 11.1 Å². The van der Waals surface area contributed by atoms with Crippen molar-refractivity contribution in [2.24, 2.45) is 4.99 Å². The number of aromatic nitrogens is 3. The number of β-amino-alcohol motifs (C(OH)–C–C–N with tert-alkyl or cyclic N) is 1. The summed E-state index contributed by atoms with van der Waals surface area (Å²) in [6.07, 6.45) is 1.55. The summed E-state index contributed by atoms with van der Waals surface area (Å²) in [7, 11) is 1.48. The zero-order valence-corrected chi connectivity index (χ0v) is 30.3. The van der Waals surface area contributed by atoms with Crippen molar-refractivity contribution in [2.45, 2.75) is 38.5 Å². The Morgan fingerprint density at radius 3 is 2.45 bits per heavy atom.